The molecule has 160 valence electrons. The van der Waals surface area contributed by atoms with Crippen molar-refractivity contribution in [2.75, 3.05) is 51.2 Å². The molecule has 4 aromatic rings. The van der Waals surface area contributed by atoms with Crippen molar-refractivity contribution in [1.29, 1.82) is 0 Å². The number of anilines is 1. The summed E-state index contributed by atoms with van der Waals surface area (Å²) < 4.78 is 0. The van der Waals surface area contributed by atoms with Gasteiger partial charge in [-0.3, -0.25) is 10.1 Å². The maximum atomic E-state index is 5.05. The summed E-state index contributed by atoms with van der Waals surface area (Å²) in [6.07, 6.45) is 6.17. The van der Waals surface area contributed by atoms with E-state index in [0.29, 0.717) is 5.92 Å². The van der Waals surface area contributed by atoms with Crippen LogP contribution in [0.1, 0.15) is 24.5 Å². The van der Waals surface area contributed by atoms with Crippen molar-refractivity contribution in [1.82, 2.24) is 35.4 Å². The van der Waals surface area contributed by atoms with Gasteiger partial charge in [0.15, 0.2) is 0 Å². The van der Waals surface area contributed by atoms with E-state index in [1.165, 1.54) is 16.8 Å². The second-order valence-electron chi connectivity index (χ2n) is 8.82. The Hall–Kier alpha value is -2.97. The molecule has 0 aliphatic carbocycles. The third-order valence-corrected chi connectivity index (χ3v) is 6.81. The number of piperidine rings is 1. The van der Waals surface area contributed by atoms with E-state index in [9.17, 15) is 0 Å². The normalized spacial score (nSPS) is 18.9. The fourth-order valence-electron chi connectivity index (χ4n) is 4.91. The lowest BCUT2D eigenvalue weighted by Gasteiger charge is -2.34. The lowest BCUT2D eigenvalue weighted by Crippen LogP contribution is -2.44. The van der Waals surface area contributed by atoms with Gasteiger partial charge >= 0.3 is 0 Å². The zero-order valence-electron chi connectivity index (χ0n) is 17.9. The molecule has 8 heteroatoms. The number of aromatic nitrogens is 5. The number of fused-ring (bicyclic) bond motifs is 2. The summed E-state index contributed by atoms with van der Waals surface area (Å²) in [5.74, 6) is 0.518. The molecule has 3 N–H and O–H groups in total. The van der Waals surface area contributed by atoms with Gasteiger partial charge in [-0.1, -0.05) is 0 Å². The van der Waals surface area contributed by atoms with Crippen LogP contribution in [0.25, 0.3) is 33.3 Å². The number of piperazine rings is 1. The zero-order chi connectivity index (χ0) is 20.8. The molecule has 2 aliphatic rings. The Bertz CT molecular complexity index is 1210. The molecule has 0 radical (unpaired) electrons. The van der Waals surface area contributed by atoms with Gasteiger partial charge in [-0.25, -0.2) is 4.98 Å². The fourth-order valence-corrected chi connectivity index (χ4v) is 4.91. The highest BCUT2D eigenvalue weighted by Crippen LogP contribution is 2.33. The molecule has 0 amide bonds. The average molecular weight is 417 g/mol. The molecule has 0 aromatic carbocycles. The number of H-pyrrole nitrogens is 2. The third kappa shape index (κ3) is 3.36. The molecule has 0 saturated carbocycles. The highest BCUT2D eigenvalue weighted by Gasteiger charge is 2.21. The summed E-state index contributed by atoms with van der Waals surface area (Å²) >= 11 is 0. The van der Waals surface area contributed by atoms with Crippen LogP contribution in [-0.2, 0) is 0 Å². The topological polar surface area (TPSA) is 88.8 Å². The molecule has 0 atom stereocenters. The molecule has 2 aliphatic heterocycles. The van der Waals surface area contributed by atoms with Crippen LogP contribution in [-0.4, -0.2) is 76.4 Å². The predicted octanol–water partition coefficient (Wildman–Crippen LogP) is 2.72. The minimum absolute atomic E-state index is 0.518. The zero-order valence-corrected chi connectivity index (χ0v) is 17.9. The number of nitrogens with one attached hydrogen (secondary N) is 3. The van der Waals surface area contributed by atoms with Crippen molar-refractivity contribution < 1.29 is 0 Å². The van der Waals surface area contributed by atoms with Crippen molar-refractivity contribution in [2.45, 2.75) is 18.8 Å². The van der Waals surface area contributed by atoms with E-state index in [4.69, 9.17) is 4.98 Å². The molecular weight excluding hydrogens is 388 g/mol. The SMILES string of the molecule is CN1CCN(c2cncc3[nH]c(-c4n[nH]c5ccc(C6CCNCC6)nc45)cc23)CC1. The highest BCUT2D eigenvalue weighted by molar-refractivity contribution is 5.98. The van der Waals surface area contributed by atoms with Crippen LogP contribution in [0.4, 0.5) is 5.69 Å². The van der Waals surface area contributed by atoms with Crippen LogP contribution in [0.2, 0.25) is 0 Å². The molecule has 2 saturated heterocycles. The van der Waals surface area contributed by atoms with Crippen molar-refractivity contribution in [3.05, 3.63) is 36.3 Å². The van der Waals surface area contributed by atoms with Gasteiger partial charge in [0.05, 0.1) is 34.8 Å². The van der Waals surface area contributed by atoms with Gasteiger partial charge in [-0.15, -0.1) is 0 Å². The Morgan fingerprint density at radius 2 is 1.84 bits per heavy atom. The van der Waals surface area contributed by atoms with E-state index in [-0.39, 0.29) is 0 Å². The molecule has 8 nitrogen and oxygen atoms in total. The van der Waals surface area contributed by atoms with Crippen LogP contribution >= 0.6 is 0 Å². The maximum absolute atomic E-state index is 5.05. The third-order valence-electron chi connectivity index (χ3n) is 6.81. The molecule has 31 heavy (non-hydrogen) atoms. The van der Waals surface area contributed by atoms with E-state index in [1.54, 1.807) is 0 Å². The van der Waals surface area contributed by atoms with E-state index in [2.05, 4.69) is 60.5 Å². The van der Waals surface area contributed by atoms with Gasteiger partial charge in [0.2, 0.25) is 0 Å². The van der Waals surface area contributed by atoms with Crippen LogP contribution in [0.3, 0.4) is 0 Å². The fraction of sp³-hybridized carbons (Fsp3) is 0.435. The first-order chi connectivity index (χ1) is 15.3. The largest absolute Gasteiger partial charge is 0.367 e. The second-order valence-corrected chi connectivity index (χ2v) is 8.82. The number of rotatable bonds is 3. The smallest absolute Gasteiger partial charge is 0.135 e. The van der Waals surface area contributed by atoms with Crippen LogP contribution in [0.15, 0.2) is 30.6 Å². The summed E-state index contributed by atoms with van der Waals surface area (Å²) in [5, 5.41) is 12.4. The van der Waals surface area contributed by atoms with E-state index < -0.39 is 0 Å². The minimum Gasteiger partial charge on any atom is -0.367 e. The standard InChI is InChI=1S/C23H28N8/c1-30-8-10-31(11-9-30)21-14-25-13-20-16(21)12-19(26-20)23-22-18(28-29-23)3-2-17(27-22)15-4-6-24-7-5-15/h2-3,12-15,24,26H,4-11H2,1H3,(H,28,29). The molecule has 0 bridgehead atoms. The molecule has 2 fully saturated rings. The van der Waals surface area contributed by atoms with Gasteiger partial charge < -0.3 is 20.1 Å². The Morgan fingerprint density at radius 1 is 1.00 bits per heavy atom. The number of pyridine rings is 2. The first-order valence-electron chi connectivity index (χ1n) is 11.2. The molecular formula is C23H28N8. The second kappa shape index (κ2) is 7.62. The molecule has 6 heterocycles. The van der Waals surface area contributed by atoms with Crippen molar-refractivity contribution in [3.8, 4) is 11.4 Å². The number of nitrogens with zero attached hydrogens (tertiary/aromatic N) is 5. The van der Waals surface area contributed by atoms with E-state index in [1.807, 2.05) is 12.4 Å². The highest BCUT2D eigenvalue weighted by atomic mass is 15.3. The Labute approximate surface area is 181 Å². The van der Waals surface area contributed by atoms with Crippen LogP contribution in [0, 0.1) is 0 Å². The van der Waals surface area contributed by atoms with Crippen molar-refractivity contribution in [2.24, 2.45) is 0 Å². The first-order valence-corrected chi connectivity index (χ1v) is 11.2. The number of likely N-dealkylation sites (N-methyl/N-ethyl adjacent to an activating group) is 1. The van der Waals surface area contributed by atoms with Crippen molar-refractivity contribution in [3.63, 3.8) is 0 Å². The quantitative estimate of drug-likeness (QED) is 0.476. The monoisotopic (exact) mass is 416 g/mol. The molecule has 4 aromatic heterocycles. The van der Waals surface area contributed by atoms with Gasteiger partial charge in [0.1, 0.15) is 11.2 Å². The van der Waals surface area contributed by atoms with E-state index >= 15 is 0 Å². The summed E-state index contributed by atoms with van der Waals surface area (Å²) in [5.41, 5.74) is 7.19. The summed E-state index contributed by atoms with van der Waals surface area (Å²) in [6.45, 7) is 6.30. The number of aromatic amines is 2. The molecule has 0 spiro atoms. The number of hydrogen-bond donors (Lipinski definition) is 3. The van der Waals surface area contributed by atoms with Gasteiger partial charge in [0, 0.05) is 43.2 Å². The average Bonchev–Trinajstić information content (AvgIpc) is 3.43. The maximum Gasteiger partial charge on any atom is 0.135 e. The summed E-state index contributed by atoms with van der Waals surface area (Å²) in [6, 6.07) is 6.48. The summed E-state index contributed by atoms with van der Waals surface area (Å²) in [4.78, 5) is 17.9. The Kier molecular flexibility index (Phi) is 4.61. The van der Waals surface area contributed by atoms with Crippen LogP contribution in [0.5, 0.6) is 0 Å². The predicted molar refractivity (Wildman–Crippen MR) is 124 cm³/mol. The van der Waals surface area contributed by atoms with Gasteiger partial charge in [-0.05, 0) is 51.2 Å². The first kappa shape index (κ1) is 18.8. The summed E-state index contributed by atoms with van der Waals surface area (Å²) in [7, 11) is 2.18. The van der Waals surface area contributed by atoms with Crippen LogP contribution < -0.4 is 10.2 Å². The Balaban J connectivity index is 1.40. The molecule has 6 rings (SSSR count). The van der Waals surface area contributed by atoms with Crippen molar-refractivity contribution >= 4 is 27.6 Å². The lowest BCUT2D eigenvalue weighted by molar-refractivity contribution is 0.313. The molecule has 0 unspecified atom stereocenters. The number of hydrogen-bond acceptors (Lipinski definition) is 6. The van der Waals surface area contributed by atoms with E-state index in [0.717, 1.165) is 80.0 Å². The lowest BCUT2D eigenvalue weighted by atomic mass is 9.94. The van der Waals surface area contributed by atoms with Gasteiger partial charge in [-0.2, -0.15) is 5.10 Å². The Morgan fingerprint density at radius 3 is 2.68 bits per heavy atom. The minimum atomic E-state index is 0.518. The van der Waals surface area contributed by atoms with Gasteiger partial charge in [0.25, 0.3) is 0 Å².